The van der Waals surface area contributed by atoms with Crippen molar-refractivity contribution < 1.29 is 0 Å². The molecule has 3 rings (SSSR count). The Labute approximate surface area is 140 Å². The van der Waals surface area contributed by atoms with Crippen LogP contribution >= 0.6 is 0 Å². The molecule has 0 amide bonds. The Morgan fingerprint density at radius 3 is 2.26 bits per heavy atom. The van der Waals surface area contributed by atoms with Gasteiger partial charge in [0.2, 0.25) is 0 Å². The van der Waals surface area contributed by atoms with Crippen LogP contribution in [0.25, 0.3) is 0 Å². The monoisotopic (exact) mass is 309 g/mol. The third kappa shape index (κ3) is 4.11. The first kappa shape index (κ1) is 16.0. The van der Waals surface area contributed by atoms with Crippen LogP contribution in [-0.4, -0.2) is 36.1 Å². The minimum Gasteiger partial charge on any atom is -0.371 e. The normalized spacial score (nSPS) is 16.1. The molecular formula is C20H27N3. The molecule has 1 aromatic heterocycles. The molecule has 122 valence electrons. The topological polar surface area (TPSA) is 19.4 Å². The summed E-state index contributed by atoms with van der Waals surface area (Å²) in [6.45, 7) is 7.46. The van der Waals surface area contributed by atoms with Gasteiger partial charge in [-0.05, 0) is 51.4 Å². The zero-order valence-corrected chi connectivity index (χ0v) is 14.5. The van der Waals surface area contributed by atoms with Crippen molar-refractivity contribution in [3.05, 3.63) is 59.4 Å². The van der Waals surface area contributed by atoms with E-state index in [-0.39, 0.29) is 0 Å². The number of benzene rings is 1. The van der Waals surface area contributed by atoms with E-state index in [9.17, 15) is 0 Å². The highest BCUT2D eigenvalue weighted by molar-refractivity contribution is 5.48. The summed E-state index contributed by atoms with van der Waals surface area (Å²) in [5, 5.41) is 0. The summed E-state index contributed by atoms with van der Waals surface area (Å²) in [5.41, 5.74) is 4.96. The van der Waals surface area contributed by atoms with Gasteiger partial charge in [-0.2, -0.15) is 0 Å². The zero-order chi connectivity index (χ0) is 16.2. The molecule has 0 atom stereocenters. The lowest BCUT2D eigenvalue weighted by molar-refractivity contribution is 0.200. The highest BCUT2D eigenvalue weighted by atomic mass is 15.2. The van der Waals surface area contributed by atoms with Gasteiger partial charge >= 0.3 is 0 Å². The molecule has 1 aliphatic rings. The van der Waals surface area contributed by atoms with Crippen LogP contribution < -0.4 is 4.90 Å². The summed E-state index contributed by atoms with van der Waals surface area (Å²) in [5.74, 6) is 0. The van der Waals surface area contributed by atoms with E-state index in [4.69, 9.17) is 0 Å². The zero-order valence-electron chi connectivity index (χ0n) is 14.5. The van der Waals surface area contributed by atoms with Crippen LogP contribution in [0.15, 0.2) is 42.5 Å². The van der Waals surface area contributed by atoms with E-state index in [0.29, 0.717) is 6.04 Å². The maximum absolute atomic E-state index is 4.48. The van der Waals surface area contributed by atoms with Crippen molar-refractivity contribution in [2.24, 2.45) is 0 Å². The Bertz CT molecular complexity index is 610. The molecule has 0 unspecified atom stereocenters. The third-order valence-corrected chi connectivity index (χ3v) is 4.79. The van der Waals surface area contributed by atoms with Crippen molar-refractivity contribution in [2.75, 3.05) is 25.0 Å². The van der Waals surface area contributed by atoms with Gasteiger partial charge in [-0.15, -0.1) is 0 Å². The first-order valence-electron chi connectivity index (χ1n) is 8.56. The van der Waals surface area contributed by atoms with Crippen LogP contribution in [0.1, 0.15) is 29.8 Å². The summed E-state index contributed by atoms with van der Waals surface area (Å²) in [7, 11) is 2.26. The van der Waals surface area contributed by atoms with Gasteiger partial charge in [0.1, 0.15) is 0 Å². The standard InChI is InChI=1S/C20H27N3/c1-16-13-20(14-17(2)21-16)23-11-9-19(10-12-23)22(3)15-18-7-5-4-6-8-18/h4-8,13-14,19H,9-12,15H2,1-3H3. The predicted octanol–water partition coefficient (Wildman–Crippen LogP) is 3.80. The fourth-order valence-electron chi connectivity index (χ4n) is 3.56. The van der Waals surface area contributed by atoms with Crippen LogP contribution in [0.4, 0.5) is 5.69 Å². The van der Waals surface area contributed by atoms with Crippen molar-refractivity contribution in [1.82, 2.24) is 9.88 Å². The molecule has 1 aromatic carbocycles. The molecule has 3 heteroatoms. The predicted molar refractivity (Wildman–Crippen MR) is 96.9 cm³/mol. The fourth-order valence-corrected chi connectivity index (χ4v) is 3.56. The number of hydrogen-bond acceptors (Lipinski definition) is 3. The van der Waals surface area contributed by atoms with Crippen LogP contribution in [0.5, 0.6) is 0 Å². The first-order chi connectivity index (χ1) is 11.1. The Balaban J connectivity index is 1.57. The van der Waals surface area contributed by atoms with E-state index < -0.39 is 0 Å². The summed E-state index contributed by atoms with van der Waals surface area (Å²) in [4.78, 5) is 9.50. The number of anilines is 1. The highest BCUT2D eigenvalue weighted by Crippen LogP contribution is 2.24. The van der Waals surface area contributed by atoms with Gasteiger partial charge in [-0.25, -0.2) is 0 Å². The Kier molecular flexibility index (Phi) is 4.97. The van der Waals surface area contributed by atoms with Crippen LogP contribution in [0.2, 0.25) is 0 Å². The number of rotatable bonds is 4. The van der Waals surface area contributed by atoms with E-state index in [1.54, 1.807) is 0 Å². The lowest BCUT2D eigenvalue weighted by Crippen LogP contribution is -2.43. The average Bonchev–Trinajstić information content (AvgIpc) is 2.55. The summed E-state index contributed by atoms with van der Waals surface area (Å²) < 4.78 is 0. The summed E-state index contributed by atoms with van der Waals surface area (Å²) in [6, 6.07) is 15.9. The average molecular weight is 309 g/mol. The number of hydrogen-bond donors (Lipinski definition) is 0. The second kappa shape index (κ2) is 7.14. The number of pyridine rings is 1. The van der Waals surface area contributed by atoms with Crippen molar-refractivity contribution in [1.29, 1.82) is 0 Å². The lowest BCUT2D eigenvalue weighted by Gasteiger charge is -2.38. The quantitative estimate of drug-likeness (QED) is 0.856. The molecule has 1 fully saturated rings. The molecule has 0 bridgehead atoms. The number of aryl methyl sites for hydroxylation is 2. The molecule has 3 nitrogen and oxygen atoms in total. The molecule has 0 aliphatic carbocycles. The van der Waals surface area contributed by atoms with Gasteiger partial charge in [0.15, 0.2) is 0 Å². The summed E-state index contributed by atoms with van der Waals surface area (Å²) >= 11 is 0. The highest BCUT2D eigenvalue weighted by Gasteiger charge is 2.22. The molecule has 0 radical (unpaired) electrons. The lowest BCUT2D eigenvalue weighted by atomic mass is 10.0. The molecule has 2 heterocycles. The van der Waals surface area contributed by atoms with Gasteiger partial charge < -0.3 is 4.90 Å². The SMILES string of the molecule is Cc1cc(N2CCC(N(C)Cc3ccccc3)CC2)cc(C)n1. The van der Waals surface area contributed by atoms with Gasteiger partial charge in [-0.1, -0.05) is 30.3 Å². The van der Waals surface area contributed by atoms with Crippen LogP contribution in [0, 0.1) is 13.8 Å². The summed E-state index contributed by atoms with van der Waals surface area (Å²) in [6.07, 6.45) is 2.45. The van der Waals surface area contributed by atoms with Crippen LogP contribution in [0.3, 0.4) is 0 Å². The number of aromatic nitrogens is 1. The molecule has 0 N–H and O–H groups in total. The van der Waals surface area contributed by atoms with Gasteiger partial charge in [0, 0.05) is 42.8 Å². The van der Waals surface area contributed by atoms with E-state index in [1.165, 1.54) is 24.1 Å². The molecule has 0 spiro atoms. The maximum atomic E-state index is 4.48. The molecule has 1 saturated heterocycles. The minimum absolute atomic E-state index is 0.676. The molecular weight excluding hydrogens is 282 g/mol. The Morgan fingerprint density at radius 2 is 1.65 bits per heavy atom. The van der Waals surface area contributed by atoms with E-state index in [2.05, 4.69) is 78.1 Å². The fraction of sp³-hybridized carbons (Fsp3) is 0.450. The van der Waals surface area contributed by atoms with E-state index in [0.717, 1.165) is 31.0 Å². The van der Waals surface area contributed by atoms with Crippen molar-refractivity contribution in [3.8, 4) is 0 Å². The van der Waals surface area contributed by atoms with E-state index in [1.807, 2.05) is 0 Å². The maximum Gasteiger partial charge on any atom is 0.0402 e. The van der Waals surface area contributed by atoms with Crippen molar-refractivity contribution in [2.45, 2.75) is 39.3 Å². The second-order valence-corrected chi connectivity index (χ2v) is 6.73. The Morgan fingerprint density at radius 1 is 1.04 bits per heavy atom. The number of piperidine rings is 1. The molecule has 2 aromatic rings. The Hall–Kier alpha value is -1.87. The van der Waals surface area contributed by atoms with E-state index >= 15 is 0 Å². The smallest absolute Gasteiger partial charge is 0.0402 e. The number of nitrogens with zero attached hydrogens (tertiary/aromatic N) is 3. The second-order valence-electron chi connectivity index (χ2n) is 6.73. The third-order valence-electron chi connectivity index (χ3n) is 4.79. The molecule has 0 saturated carbocycles. The van der Waals surface area contributed by atoms with Gasteiger partial charge in [0.25, 0.3) is 0 Å². The van der Waals surface area contributed by atoms with Crippen LogP contribution in [-0.2, 0) is 6.54 Å². The van der Waals surface area contributed by atoms with Crippen molar-refractivity contribution >= 4 is 5.69 Å². The largest absolute Gasteiger partial charge is 0.371 e. The van der Waals surface area contributed by atoms with Gasteiger partial charge in [-0.3, -0.25) is 9.88 Å². The first-order valence-corrected chi connectivity index (χ1v) is 8.56. The van der Waals surface area contributed by atoms with Gasteiger partial charge in [0.05, 0.1) is 0 Å². The molecule has 1 aliphatic heterocycles. The van der Waals surface area contributed by atoms with Crippen molar-refractivity contribution in [3.63, 3.8) is 0 Å². The minimum atomic E-state index is 0.676. The molecule has 23 heavy (non-hydrogen) atoms.